The zero-order valence-electron chi connectivity index (χ0n) is 10.2. The third kappa shape index (κ3) is 3.32. The summed E-state index contributed by atoms with van der Waals surface area (Å²) in [4.78, 5) is 11.9. The summed E-state index contributed by atoms with van der Waals surface area (Å²) in [6, 6.07) is 2.98. The van der Waals surface area contributed by atoms with Gasteiger partial charge in [-0.05, 0) is 24.6 Å². The summed E-state index contributed by atoms with van der Waals surface area (Å²) in [5.41, 5.74) is 4.34. The Morgan fingerprint density at radius 2 is 2.05 bits per heavy atom. The van der Waals surface area contributed by atoms with Gasteiger partial charge in [0.2, 0.25) is 5.91 Å². The predicted octanol–water partition coefficient (Wildman–Crippen LogP) is 3.20. The Morgan fingerprint density at radius 1 is 1.35 bits per heavy atom. The first-order chi connectivity index (χ1) is 9.27. The SMILES string of the molecule is NC1C=CC(C(=O)Nc2ccc(Cl)cc2C(F)(F)F)C1. The van der Waals surface area contributed by atoms with E-state index in [2.05, 4.69) is 5.32 Å². The molecule has 3 nitrogen and oxygen atoms in total. The molecule has 0 heterocycles. The van der Waals surface area contributed by atoms with Crippen molar-refractivity contribution in [3.05, 3.63) is 40.9 Å². The number of rotatable bonds is 2. The number of nitrogens with one attached hydrogen (secondary N) is 1. The number of hydrogen-bond acceptors (Lipinski definition) is 2. The maximum absolute atomic E-state index is 12.9. The Labute approximate surface area is 118 Å². The van der Waals surface area contributed by atoms with E-state index in [1.54, 1.807) is 12.2 Å². The topological polar surface area (TPSA) is 55.1 Å². The van der Waals surface area contributed by atoms with E-state index in [1.165, 1.54) is 6.07 Å². The Bertz CT molecular complexity index is 557. The molecular formula is C13H12ClF3N2O. The van der Waals surface area contributed by atoms with Gasteiger partial charge in [0.05, 0.1) is 17.2 Å². The van der Waals surface area contributed by atoms with Gasteiger partial charge in [0.25, 0.3) is 0 Å². The number of nitrogens with two attached hydrogens (primary N) is 1. The molecule has 0 saturated carbocycles. The van der Waals surface area contributed by atoms with E-state index in [0.29, 0.717) is 6.42 Å². The Hall–Kier alpha value is -1.53. The zero-order chi connectivity index (χ0) is 14.9. The van der Waals surface area contributed by atoms with E-state index < -0.39 is 23.6 Å². The molecule has 1 amide bonds. The predicted molar refractivity (Wildman–Crippen MR) is 70.3 cm³/mol. The van der Waals surface area contributed by atoms with E-state index in [1.807, 2.05) is 0 Å². The highest BCUT2D eigenvalue weighted by atomic mass is 35.5. The van der Waals surface area contributed by atoms with Gasteiger partial charge in [-0.2, -0.15) is 13.2 Å². The first kappa shape index (κ1) is 14.9. The van der Waals surface area contributed by atoms with Crippen LogP contribution in [0.3, 0.4) is 0 Å². The molecule has 2 unspecified atom stereocenters. The van der Waals surface area contributed by atoms with E-state index in [9.17, 15) is 18.0 Å². The average Bonchev–Trinajstić information content (AvgIpc) is 2.77. The summed E-state index contributed by atoms with van der Waals surface area (Å²) >= 11 is 5.57. The van der Waals surface area contributed by atoms with Crippen molar-refractivity contribution in [2.45, 2.75) is 18.6 Å². The largest absolute Gasteiger partial charge is 0.418 e. The van der Waals surface area contributed by atoms with Crippen molar-refractivity contribution in [3.8, 4) is 0 Å². The molecule has 0 fully saturated rings. The number of carbonyl (C=O) groups is 1. The number of amides is 1. The average molecular weight is 305 g/mol. The summed E-state index contributed by atoms with van der Waals surface area (Å²) in [5.74, 6) is -1.02. The fourth-order valence-electron chi connectivity index (χ4n) is 2.01. The molecule has 3 N–H and O–H groups in total. The van der Waals surface area contributed by atoms with Gasteiger partial charge in [-0.15, -0.1) is 0 Å². The second-order valence-electron chi connectivity index (χ2n) is 4.57. The molecule has 2 rings (SSSR count). The van der Waals surface area contributed by atoms with E-state index in [-0.39, 0.29) is 16.8 Å². The smallest absolute Gasteiger partial charge is 0.325 e. The normalized spacial score (nSPS) is 22.1. The van der Waals surface area contributed by atoms with Crippen molar-refractivity contribution in [2.75, 3.05) is 5.32 Å². The second kappa shape index (κ2) is 5.46. The van der Waals surface area contributed by atoms with Crippen LogP contribution in [0.4, 0.5) is 18.9 Å². The number of benzene rings is 1. The molecule has 1 aromatic carbocycles. The lowest BCUT2D eigenvalue weighted by atomic mass is 10.1. The molecular weight excluding hydrogens is 293 g/mol. The van der Waals surface area contributed by atoms with Crippen molar-refractivity contribution in [2.24, 2.45) is 11.7 Å². The molecule has 1 aliphatic carbocycles. The van der Waals surface area contributed by atoms with Gasteiger partial charge in [-0.25, -0.2) is 0 Å². The van der Waals surface area contributed by atoms with Gasteiger partial charge in [0, 0.05) is 11.1 Å². The minimum Gasteiger partial charge on any atom is -0.325 e. The molecule has 20 heavy (non-hydrogen) atoms. The number of carbonyl (C=O) groups excluding carboxylic acids is 1. The molecule has 0 saturated heterocycles. The molecule has 1 aliphatic rings. The number of anilines is 1. The highest BCUT2D eigenvalue weighted by Gasteiger charge is 2.35. The van der Waals surface area contributed by atoms with E-state index in [4.69, 9.17) is 17.3 Å². The lowest BCUT2D eigenvalue weighted by Gasteiger charge is -2.16. The van der Waals surface area contributed by atoms with E-state index in [0.717, 1.165) is 12.1 Å². The van der Waals surface area contributed by atoms with Gasteiger partial charge in [-0.3, -0.25) is 4.79 Å². The van der Waals surface area contributed by atoms with Crippen LogP contribution in [0.2, 0.25) is 5.02 Å². The molecule has 0 aromatic heterocycles. The quantitative estimate of drug-likeness (QED) is 0.824. The van der Waals surface area contributed by atoms with Crippen LogP contribution in [0, 0.1) is 5.92 Å². The molecule has 108 valence electrons. The van der Waals surface area contributed by atoms with Crippen molar-refractivity contribution >= 4 is 23.2 Å². The lowest BCUT2D eigenvalue weighted by molar-refractivity contribution is -0.137. The summed E-state index contributed by atoms with van der Waals surface area (Å²) in [6.07, 6.45) is -0.934. The van der Waals surface area contributed by atoms with Gasteiger partial charge in [0.1, 0.15) is 0 Å². The van der Waals surface area contributed by atoms with Crippen LogP contribution in [0.15, 0.2) is 30.4 Å². The molecule has 0 radical (unpaired) electrons. The highest BCUT2D eigenvalue weighted by Crippen LogP contribution is 2.36. The van der Waals surface area contributed by atoms with Crippen LogP contribution in [0.5, 0.6) is 0 Å². The standard InChI is InChI=1S/C13H12ClF3N2O/c14-8-2-4-11(10(6-8)13(15,16)17)19-12(20)7-1-3-9(18)5-7/h1-4,6-7,9H,5,18H2,(H,19,20). The Balaban J connectivity index is 2.21. The van der Waals surface area contributed by atoms with Crippen LogP contribution in [0.1, 0.15) is 12.0 Å². The molecule has 2 atom stereocenters. The van der Waals surface area contributed by atoms with Gasteiger partial charge >= 0.3 is 6.18 Å². The van der Waals surface area contributed by atoms with Crippen molar-refractivity contribution in [1.29, 1.82) is 0 Å². The summed E-state index contributed by atoms with van der Waals surface area (Å²) in [6.45, 7) is 0. The minimum atomic E-state index is -4.59. The maximum atomic E-state index is 12.9. The number of hydrogen-bond donors (Lipinski definition) is 2. The fourth-order valence-corrected chi connectivity index (χ4v) is 2.18. The third-order valence-corrected chi connectivity index (χ3v) is 3.23. The lowest BCUT2D eigenvalue weighted by Crippen LogP contribution is -2.25. The third-order valence-electron chi connectivity index (χ3n) is 3.00. The molecule has 7 heteroatoms. The van der Waals surface area contributed by atoms with Gasteiger partial charge in [-0.1, -0.05) is 23.8 Å². The van der Waals surface area contributed by atoms with Crippen LogP contribution in [0.25, 0.3) is 0 Å². The summed E-state index contributed by atoms with van der Waals surface area (Å²) in [7, 11) is 0. The number of alkyl halides is 3. The van der Waals surface area contributed by atoms with Gasteiger partial charge in [0.15, 0.2) is 0 Å². The van der Waals surface area contributed by atoms with E-state index >= 15 is 0 Å². The monoisotopic (exact) mass is 304 g/mol. The Morgan fingerprint density at radius 3 is 2.60 bits per heavy atom. The summed E-state index contributed by atoms with van der Waals surface area (Å²) < 4.78 is 38.6. The maximum Gasteiger partial charge on any atom is 0.418 e. The molecule has 1 aromatic rings. The first-order valence-electron chi connectivity index (χ1n) is 5.89. The first-order valence-corrected chi connectivity index (χ1v) is 6.26. The van der Waals surface area contributed by atoms with Crippen LogP contribution in [-0.4, -0.2) is 11.9 Å². The van der Waals surface area contributed by atoms with Crippen LogP contribution < -0.4 is 11.1 Å². The number of halogens is 4. The highest BCUT2D eigenvalue weighted by molar-refractivity contribution is 6.30. The second-order valence-corrected chi connectivity index (χ2v) is 5.00. The fraction of sp³-hybridized carbons (Fsp3) is 0.308. The molecule has 0 spiro atoms. The summed E-state index contributed by atoms with van der Waals surface area (Å²) in [5, 5.41) is 2.24. The minimum absolute atomic E-state index is 0.0434. The van der Waals surface area contributed by atoms with Crippen LogP contribution >= 0.6 is 11.6 Å². The van der Waals surface area contributed by atoms with Crippen molar-refractivity contribution < 1.29 is 18.0 Å². The molecule has 0 aliphatic heterocycles. The Kier molecular flexibility index (Phi) is 4.06. The van der Waals surface area contributed by atoms with Crippen LogP contribution in [-0.2, 0) is 11.0 Å². The van der Waals surface area contributed by atoms with Crippen molar-refractivity contribution in [1.82, 2.24) is 0 Å². The van der Waals surface area contributed by atoms with Gasteiger partial charge < -0.3 is 11.1 Å². The molecule has 0 bridgehead atoms. The van der Waals surface area contributed by atoms with Crippen molar-refractivity contribution in [3.63, 3.8) is 0 Å². The zero-order valence-corrected chi connectivity index (χ0v) is 11.0.